The monoisotopic (exact) mass is 204 g/mol. The summed E-state index contributed by atoms with van der Waals surface area (Å²) in [4.78, 5) is 3.57. The van der Waals surface area contributed by atoms with E-state index < -0.39 is 10.4 Å². The molecule has 1 aliphatic rings. The van der Waals surface area contributed by atoms with Crippen LogP contribution in [0.5, 0.6) is 11.6 Å². The fourth-order valence-electron chi connectivity index (χ4n) is 0.885. The van der Waals surface area contributed by atoms with Crippen molar-refractivity contribution in [3.63, 3.8) is 0 Å². The Balaban J connectivity index is 2.62. The van der Waals surface area contributed by atoms with Crippen LogP contribution < -0.4 is 13.8 Å². The number of pyridine rings is 1. The van der Waals surface area contributed by atoms with Crippen molar-refractivity contribution in [1.82, 2.24) is 4.98 Å². The molecule has 0 aromatic carbocycles. The summed E-state index contributed by atoms with van der Waals surface area (Å²) < 4.78 is 30.3. The van der Waals surface area contributed by atoms with Crippen LogP contribution in [0.4, 0.5) is 5.69 Å². The van der Waals surface area contributed by atoms with E-state index in [4.69, 9.17) is 5.21 Å². The molecule has 0 aliphatic carbocycles. The quantitative estimate of drug-likeness (QED) is 0.616. The second-order valence-corrected chi connectivity index (χ2v) is 3.33. The zero-order chi connectivity index (χ0) is 9.47. The van der Waals surface area contributed by atoms with Gasteiger partial charge in [-0.1, -0.05) is 0 Å². The molecular formula is C5H4N2O5S. The van der Waals surface area contributed by atoms with E-state index in [2.05, 4.69) is 13.4 Å². The van der Waals surface area contributed by atoms with Gasteiger partial charge in [0.2, 0.25) is 0 Å². The van der Waals surface area contributed by atoms with Crippen molar-refractivity contribution in [2.75, 3.05) is 5.48 Å². The van der Waals surface area contributed by atoms with Crippen molar-refractivity contribution < 1.29 is 22.0 Å². The molecule has 70 valence electrons. The second kappa shape index (κ2) is 2.47. The topological polar surface area (TPSA) is 97.8 Å². The molecule has 0 spiro atoms. The van der Waals surface area contributed by atoms with Crippen LogP contribution >= 0.6 is 0 Å². The highest BCUT2D eigenvalue weighted by Crippen LogP contribution is 2.37. The van der Waals surface area contributed by atoms with Crippen molar-refractivity contribution in [1.29, 1.82) is 0 Å². The van der Waals surface area contributed by atoms with Gasteiger partial charge in [-0.25, -0.2) is 4.98 Å². The summed E-state index contributed by atoms with van der Waals surface area (Å²) in [5.74, 6) is -0.301. The van der Waals surface area contributed by atoms with Crippen molar-refractivity contribution in [2.24, 2.45) is 0 Å². The number of fused-ring (bicyclic) bond motifs is 2. The van der Waals surface area contributed by atoms with Crippen LogP contribution in [-0.4, -0.2) is 18.6 Å². The van der Waals surface area contributed by atoms with E-state index in [1.807, 2.05) is 0 Å². The van der Waals surface area contributed by atoms with E-state index in [1.165, 1.54) is 12.3 Å². The van der Waals surface area contributed by atoms with Gasteiger partial charge in [-0.2, -0.15) is 0 Å². The van der Waals surface area contributed by atoms with E-state index in [9.17, 15) is 8.42 Å². The first-order valence-electron chi connectivity index (χ1n) is 3.15. The molecule has 8 heteroatoms. The third-order valence-electron chi connectivity index (χ3n) is 1.36. The highest BCUT2D eigenvalue weighted by atomic mass is 32.3. The minimum atomic E-state index is -4.08. The molecular weight excluding hydrogens is 200 g/mol. The van der Waals surface area contributed by atoms with Crippen LogP contribution in [0.15, 0.2) is 12.3 Å². The van der Waals surface area contributed by atoms with E-state index >= 15 is 0 Å². The van der Waals surface area contributed by atoms with Gasteiger partial charge in [-0.15, -0.1) is 8.42 Å². The standard InChI is InChI=1S/C5H4N2O5S/c8-7-4-3-1-2-6-5(4)12-13(9,10)11-3/h1-2,7-8H. The summed E-state index contributed by atoms with van der Waals surface area (Å²) in [6.07, 6.45) is 1.29. The largest absolute Gasteiger partial charge is 0.502 e. The minimum absolute atomic E-state index is 0.0164. The Morgan fingerprint density at radius 1 is 1.46 bits per heavy atom. The van der Waals surface area contributed by atoms with Crippen molar-refractivity contribution in [3.05, 3.63) is 12.3 Å². The summed E-state index contributed by atoms with van der Waals surface area (Å²) in [6, 6.07) is 1.28. The highest BCUT2D eigenvalue weighted by Gasteiger charge is 2.28. The third-order valence-corrected chi connectivity index (χ3v) is 2.11. The maximum atomic E-state index is 10.8. The van der Waals surface area contributed by atoms with Crippen molar-refractivity contribution in [2.45, 2.75) is 0 Å². The number of nitrogens with zero attached hydrogens (tertiary/aromatic N) is 1. The maximum Gasteiger partial charge on any atom is 0.502 e. The SMILES string of the molecule is O=S1(=O)Oc2ccnc(c2NO)O1. The van der Waals surface area contributed by atoms with E-state index in [0.717, 1.165) is 0 Å². The summed E-state index contributed by atoms with van der Waals surface area (Å²) in [5.41, 5.74) is 1.71. The van der Waals surface area contributed by atoms with Gasteiger partial charge < -0.3 is 8.37 Å². The molecule has 1 aromatic rings. The molecule has 2 N–H and O–H groups in total. The van der Waals surface area contributed by atoms with Gasteiger partial charge in [0.05, 0.1) is 0 Å². The fraction of sp³-hybridized carbons (Fsp3) is 0. The predicted octanol–water partition coefficient (Wildman–Crippen LogP) is -0.101. The maximum absolute atomic E-state index is 10.8. The Morgan fingerprint density at radius 2 is 2.23 bits per heavy atom. The van der Waals surface area contributed by atoms with Gasteiger partial charge in [0.1, 0.15) is 0 Å². The smallest absolute Gasteiger partial charge is 0.350 e. The lowest BCUT2D eigenvalue weighted by Gasteiger charge is -2.17. The highest BCUT2D eigenvalue weighted by molar-refractivity contribution is 7.82. The predicted molar refractivity (Wildman–Crippen MR) is 39.8 cm³/mol. The first-order valence-corrected chi connectivity index (χ1v) is 4.49. The van der Waals surface area contributed by atoms with Crippen LogP contribution in [-0.2, 0) is 10.4 Å². The lowest BCUT2D eigenvalue weighted by molar-refractivity contribution is 0.349. The molecule has 0 amide bonds. The number of anilines is 1. The zero-order valence-corrected chi connectivity index (χ0v) is 6.91. The fourth-order valence-corrected chi connectivity index (χ4v) is 1.60. The molecule has 7 nitrogen and oxygen atoms in total. The van der Waals surface area contributed by atoms with Gasteiger partial charge in [-0.3, -0.25) is 10.7 Å². The molecule has 2 heterocycles. The Kier molecular flexibility index (Phi) is 1.54. The van der Waals surface area contributed by atoms with E-state index in [0.29, 0.717) is 0 Å². The van der Waals surface area contributed by atoms with Crippen LogP contribution in [0.1, 0.15) is 0 Å². The van der Waals surface area contributed by atoms with Crippen LogP contribution in [0.3, 0.4) is 0 Å². The van der Waals surface area contributed by atoms with Gasteiger partial charge in [0.25, 0.3) is 5.88 Å². The number of hydrogen-bond acceptors (Lipinski definition) is 7. The lowest BCUT2D eigenvalue weighted by atomic mass is 10.4. The van der Waals surface area contributed by atoms with E-state index in [1.54, 1.807) is 5.48 Å². The molecule has 0 saturated carbocycles. The molecule has 13 heavy (non-hydrogen) atoms. The van der Waals surface area contributed by atoms with Gasteiger partial charge in [0.15, 0.2) is 11.4 Å². The molecule has 1 aliphatic heterocycles. The summed E-state index contributed by atoms with van der Waals surface area (Å²) in [6.45, 7) is 0. The van der Waals surface area contributed by atoms with Crippen LogP contribution in [0.25, 0.3) is 0 Å². The molecule has 2 bridgehead atoms. The Morgan fingerprint density at radius 3 is 2.85 bits per heavy atom. The number of aromatic nitrogens is 1. The van der Waals surface area contributed by atoms with Crippen molar-refractivity contribution >= 4 is 16.1 Å². The molecule has 2 rings (SSSR count). The number of hydrogen-bond donors (Lipinski definition) is 2. The first-order chi connectivity index (χ1) is 6.12. The Bertz CT molecular complexity index is 412. The number of rotatable bonds is 1. The van der Waals surface area contributed by atoms with Gasteiger partial charge in [-0.05, 0) is 0 Å². The average molecular weight is 204 g/mol. The summed E-state index contributed by atoms with van der Waals surface area (Å²) >= 11 is 0. The summed E-state index contributed by atoms with van der Waals surface area (Å²) in [7, 11) is -4.08. The molecule has 0 atom stereocenters. The van der Waals surface area contributed by atoms with Crippen LogP contribution in [0, 0.1) is 0 Å². The van der Waals surface area contributed by atoms with Gasteiger partial charge >= 0.3 is 10.4 Å². The average Bonchev–Trinajstić information content (AvgIpc) is 2.01. The minimum Gasteiger partial charge on any atom is -0.350 e. The molecule has 0 saturated heterocycles. The van der Waals surface area contributed by atoms with Crippen LogP contribution in [0.2, 0.25) is 0 Å². The van der Waals surface area contributed by atoms with E-state index in [-0.39, 0.29) is 17.3 Å². The third kappa shape index (κ3) is 1.25. The molecule has 0 radical (unpaired) electrons. The lowest BCUT2D eigenvalue weighted by Crippen LogP contribution is -2.22. The Hall–Kier alpha value is -1.54. The van der Waals surface area contributed by atoms with Gasteiger partial charge in [0, 0.05) is 12.3 Å². The molecule has 0 unspecified atom stereocenters. The number of nitrogens with one attached hydrogen (secondary N) is 1. The molecule has 0 fully saturated rings. The Labute approximate surface area is 73.2 Å². The normalized spacial score (nSPS) is 17.0. The first kappa shape index (κ1) is 8.08. The summed E-state index contributed by atoms with van der Waals surface area (Å²) in [5, 5.41) is 8.59. The zero-order valence-electron chi connectivity index (χ0n) is 6.09. The molecule has 1 aromatic heterocycles. The second-order valence-electron chi connectivity index (χ2n) is 2.18. The van der Waals surface area contributed by atoms with Crippen molar-refractivity contribution in [3.8, 4) is 11.6 Å².